The average molecular weight is 497 g/mol. The average Bonchev–Trinajstić information content (AvgIpc) is 2.87. The maximum Gasteiger partial charge on any atom is 0.338 e. The quantitative estimate of drug-likeness (QED) is 0.386. The molecule has 27 heavy (non-hydrogen) atoms. The van der Waals surface area contributed by atoms with Gasteiger partial charge in [-0.3, -0.25) is 9.59 Å². The van der Waals surface area contributed by atoms with Gasteiger partial charge in [-0.1, -0.05) is 11.6 Å². The summed E-state index contributed by atoms with van der Waals surface area (Å²) in [5, 5.41) is 2.68. The zero-order valence-corrected chi connectivity index (χ0v) is 17.1. The highest BCUT2D eigenvalue weighted by atomic mass is 127. The van der Waals surface area contributed by atoms with Crippen LogP contribution in [0.3, 0.4) is 0 Å². The highest BCUT2D eigenvalue weighted by Gasteiger charge is 2.38. The van der Waals surface area contributed by atoms with E-state index in [1.165, 1.54) is 0 Å². The van der Waals surface area contributed by atoms with Crippen molar-refractivity contribution in [3.8, 4) is 0 Å². The second kappa shape index (κ2) is 8.10. The van der Waals surface area contributed by atoms with Crippen molar-refractivity contribution in [2.75, 3.05) is 16.8 Å². The molecule has 1 aliphatic rings. The fourth-order valence-corrected chi connectivity index (χ4v) is 3.06. The molecule has 1 aliphatic heterocycles. The Morgan fingerprint density at radius 2 is 1.70 bits per heavy atom. The Hall–Kier alpha value is -2.39. The number of anilines is 2. The summed E-state index contributed by atoms with van der Waals surface area (Å²) >= 11 is 8.24. The first-order chi connectivity index (χ1) is 12.9. The molecule has 0 unspecified atom stereocenters. The van der Waals surface area contributed by atoms with Gasteiger partial charge in [0.05, 0.1) is 17.9 Å². The smallest absolute Gasteiger partial charge is 0.338 e. The van der Waals surface area contributed by atoms with E-state index in [0.29, 0.717) is 16.9 Å². The number of ether oxygens (including phenoxy) is 1. The summed E-state index contributed by atoms with van der Waals surface area (Å²) in [7, 11) is 0. The fraction of sp³-hybridized carbons (Fsp3) is 0.105. The van der Waals surface area contributed by atoms with E-state index in [4.69, 9.17) is 16.3 Å². The van der Waals surface area contributed by atoms with E-state index in [-0.39, 0.29) is 17.3 Å². The fourth-order valence-electron chi connectivity index (χ4n) is 2.48. The number of hydrogen-bond donors (Lipinski definition) is 1. The molecule has 0 radical (unpaired) electrons. The van der Waals surface area contributed by atoms with Gasteiger partial charge in [0.15, 0.2) is 0 Å². The Bertz CT molecular complexity index is 939. The molecule has 2 amide bonds. The van der Waals surface area contributed by atoms with E-state index in [0.717, 1.165) is 8.47 Å². The lowest BCUT2D eigenvalue weighted by Gasteiger charge is -2.15. The molecule has 2 aromatic rings. The van der Waals surface area contributed by atoms with Gasteiger partial charge >= 0.3 is 5.97 Å². The van der Waals surface area contributed by atoms with E-state index < -0.39 is 17.8 Å². The van der Waals surface area contributed by atoms with Crippen molar-refractivity contribution in [1.82, 2.24) is 0 Å². The Morgan fingerprint density at radius 1 is 1.07 bits per heavy atom. The molecule has 0 aliphatic carbocycles. The van der Waals surface area contributed by atoms with E-state index in [1.807, 2.05) is 0 Å². The van der Waals surface area contributed by atoms with Crippen LogP contribution in [0, 0.1) is 3.57 Å². The van der Waals surface area contributed by atoms with Gasteiger partial charge in [-0.05, 0) is 78.0 Å². The number of amides is 2. The molecule has 0 spiro atoms. The SMILES string of the molecule is CCOC(=O)c1ccc(NC2=C(Cl)C(=O)N(c3ccc(I)cc3)C2=O)cc1. The number of nitrogens with zero attached hydrogens (tertiary/aromatic N) is 1. The second-order valence-corrected chi connectivity index (χ2v) is 7.16. The monoisotopic (exact) mass is 496 g/mol. The first-order valence-corrected chi connectivity index (χ1v) is 9.46. The number of imide groups is 1. The lowest BCUT2D eigenvalue weighted by Crippen LogP contribution is -2.32. The van der Waals surface area contributed by atoms with Crippen LogP contribution in [0.4, 0.5) is 11.4 Å². The highest BCUT2D eigenvalue weighted by Crippen LogP contribution is 2.30. The van der Waals surface area contributed by atoms with Crippen LogP contribution < -0.4 is 10.2 Å². The molecule has 1 heterocycles. The minimum absolute atomic E-state index is 0.0101. The van der Waals surface area contributed by atoms with Gasteiger partial charge < -0.3 is 10.1 Å². The van der Waals surface area contributed by atoms with Gasteiger partial charge in [-0.25, -0.2) is 9.69 Å². The van der Waals surface area contributed by atoms with Crippen LogP contribution in [-0.2, 0) is 14.3 Å². The molecule has 138 valence electrons. The first-order valence-electron chi connectivity index (χ1n) is 8.00. The van der Waals surface area contributed by atoms with Crippen molar-refractivity contribution < 1.29 is 19.1 Å². The van der Waals surface area contributed by atoms with Crippen molar-refractivity contribution in [3.63, 3.8) is 0 Å². The summed E-state index contributed by atoms with van der Waals surface area (Å²) in [6.07, 6.45) is 0. The molecule has 8 heteroatoms. The van der Waals surface area contributed by atoms with Gasteiger partial charge in [0.2, 0.25) is 0 Å². The molecule has 1 N–H and O–H groups in total. The highest BCUT2D eigenvalue weighted by molar-refractivity contribution is 14.1. The van der Waals surface area contributed by atoms with Gasteiger partial charge in [0.25, 0.3) is 11.8 Å². The Balaban J connectivity index is 1.80. The second-order valence-electron chi connectivity index (χ2n) is 5.53. The predicted molar refractivity (Wildman–Crippen MR) is 111 cm³/mol. The Labute approximate surface area is 174 Å². The zero-order chi connectivity index (χ0) is 19.6. The molecule has 6 nitrogen and oxygen atoms in total. The molecule has 0 bridgehead atoms. The van der Waals surface area contributed by atoms with E-state index in [9.17, 15) is 14.4 Å². The minimum Gasteiger partial charge on any atom is -0.462 e. The summed E-state index contributed by atoms with van der Waals surface area (Å²) in [5.74, 6) is -1.56. The number of carbonyl (C=O) groups is 3. The first kappa shape index (κ1) is 19.4. The summed E-state index contributed by atoms with van der Waals surface area (Å²) in [4.78, 5) is 37.8. The predicted octanol–water partition coefficient (Wildman–Crippen LogP) is 3.90. The van der Waals surface area contributed by atoms with Gasteiger partial charge in [0.1, 0.15) is 10.7 Å². The number of hydrogen-bond acceptors (Lipinski definition) is 5. The molecular formula is C19H14ClIN2O4. The molecule has 0 atom stereocenters. The van der Waals surface area contributed by atoms with Crippen molar-refractivity contribution >= 4 is 63.4 Å². The molecular weight excluding hydrogens is 483 g/mol. The van der Waals surface area contributed by atoms with E-state index in [2.05, 4.69) is 27.9 Å². The molecule has 0 fully saturated rings. The Morgan fingerprint density at radius 3 is 2.30 bits per heavy atom. The van der Waals surface area contributed by atoms with Crippen LogP contribution in [0.1, 0.15) is 17.3 Å². The minimum atomic E-state index is -0.589. The summed E-state index contributed by atoms with van der Waals surface area (Å²) in [5.41, 5.74) is 1.33. The number of carbonyl (C=O) groups excluding carboxylic acids is 3. The number of nitrogens with one attached hydrogen (secondary N) is 1. The van der Waals surface area contributed by atoms with E-state index in [1.54, 1.807) is 55.5 Å². The summed E-state index contributed by atoms with van der Waals surface area (Å²) < 4.78 is 5.91. The van der Waals surface area contributed by atoms with Crippen molar-refractivity contribution in [2.45, 2.75) is 6.92 Å². The maximum absolute atomic E-state index is 12.7. The third kappa shape index (κ3) is 3.98. The van der Waals surface area contributed by atoms with Gasteiger partial charge in [-0.2, -0.15) is 0 Å². The normalized spacial score (nSPS) is 14.0. The lowest BCUT2D eigenvalue weighted by molar-refractivity contribution is -0.120. The third-order valence-corrected chi connectivity index (χ3v) is 4.85. The number of benzene rings is 2. The van der Waals surface area contributed by atoms with Crippen LogP contribution in [0.25, 0.3) is 0 Å². The third-order valence-electron chi connectivity index (χ3n) is 3.78. The Kier molecular flexibility index (Phi) is 5.81. The number of esters is 1. The molecule has 3 rings (SSSR count). The van der Waals surface area contributed by atoms with Crippen molar-refractivity contribution in [1.29, 1.82) is 0 Å². The van der Waals surface area contributed by atoms with Gasteiger partial charge in [0, 0.05) is 9.26 Å². The van der Waals surface area contributed by atoms with Crippen LogP contribution in [-0.4, -0.2) is 24.4 Å². The van der Waals surface area contributed by atoms with E-state index >= 15 is 0 Å². The zero-order valence-electron chi connectivity index (χ0n) is 14.2. The van der Waals surface area contributed by atoms with Crippen molar-refractivity contribution in [3.05, 3.63) is 68.4 Å². The van der Waals surface area contributed by atoms with Gasteiger partial charge in [-0.15, -0.1) is 0 Å². The van der Waals surface area contributed by atoms with Crippen LogP contribution in [0.15, 0.2) is 59.3 Å². The molecule has 2 aromatic carbocycles. The molecule has 0 saturated heterocycles. The maximum atomic E-state index is 12.7. The number of rotatable bonds is 5. The summed E-state index contributed by atoms with van der Waals surface area (Å²) in [6.45, 7) is 2.01. The van der Waals surface area contributed by atoms with Crippen molar-refractivity contribution in [2.24, 2.45) is 0 Å². The standard InChI is InChI=1S/C19H14ClIN2O4/c1-2-27-19(26)11-3-7-13(8-4-11)22-16-15(20)17(24)23(18(16)25)14-9-5-12(21)6-10-14/h3-10,22H,2H2,1H3. The number of halogens is 2. The molecule has 0 saturated carbocycles. The largest absolute Gasteiger partial charge is 0.462 e. The summed E-state index contributed by atoms with van der Waals surface area (Å²) in [6, 6.07) is 13.3. The van der Waals surface area contributed by atoms with Crippen LogP contribution in [0.2, 0.25) is 0 Å². The van der Waals surface area contributed by atoms with Crippen LogP contribution >= 0.6 is 34.2 Å². The van der Waals surface area contributed by atoms with Crippen LogP contribution in [0.5, 0.6) is 0 Å². The molecule has 0 aromatic heterocycles. The topological polar surface area (TPSA) is 75.7 Å². The lowest BCUT2D eigenvalue weighted by atomic mass is 10.2.